The zero-order valence-corrected chi connectivity index (χ0v) is 37.3. The van der Waals surface area contributed by atoms with E-state index >= 15 is 0 Å². The van der Waals surface area contributed by atoms with E-state index in [9.17, 15) is 0 Å². The lowest BCUT2D eigenvalue weighted by molar-refractivity contribution is 0.643. The molecule has 0 saturated carbocycles. The van der Waals surface area contributed by atoms with Gasteiger partial charge in [-0.2, -0.15) is 4.98 Å². The molecule has 306 valence electrons. The van der Waals surface area contributed by atoms with Crippen molar-refractivity contribution in [2.24, 2.45) is 0 Å². The average Bonchev–Trinajstić information content (AvgIpc) is 3.86. The molecule has 6 heteroatoms. The summed E-state index contributed by atoms with van der Waals surface area (Å²) in [5, 5.41) is 0.425. The number of imidazole rings is 1. The molecule has 0 N–H and O–H groups in total. The van der Waals surface area contributed by atoms with Crippen molar-refractivity contribution >= 4 is 53.0 Å². The maximum absolute atomic E-state index is 9.16. The fourth-order valence-corrected chi connectivity index (χ4v) is 15.3. The van der Waals surface area contributed by atoms with Crippen LogP contribution in [0.4, 0.5) is 0 Å². The highest BCUT2D eigenvalue weighted by Gasteiger charge is 2.47. The maximum atomic E-state index is 9.16. The molecule has 4 nitrogen and oxygen atoms in total. The van der Waals surface area contributed by atoms with E-state index < -0.39 is 33.2 Å². The van der Waals surface area contributed by atoms with Crippen molar-refractivity contribution in [3.63, 3.8) is 0 Å². The largest absolute Gasteiger partial charge is 0.422 e. The zero-order valence-electron chi connectivity index (χ0n) is 43.5. The summed E-state index contributed by atoms with van der Waals surface area (Å²) in [6.45, 7) is 5.35. The van der Waals surface area contributed by atoms with Gasteiger partial charge >= 0.3 is 5.84 Å². The van der Waals surface area contributed by atoms with Gasteiger partial charge in [0.2, 0.25) is 0 Å². The van der Waals surface area contributed by atoms with E-state index in [0.29, 0.717) is 39.2 Å². The predicted octanol–water partition coefficient (Wildman–Crippen LogP) is 15.0. The Balaban J connectivity index is 1.13. The minimum absolute atomic E-state index is 0.0467. The topological polar surface area (TPSA) is 43.3 Å². The monoisotopic (exact) mass is 857 g/mol. The number of benzene rings is 7. The highest BCUT2D eigenvalue weighted by molar-refractivity contribution is 7.99. The number of aromatic nitrogens is 3. The number of aryl methyl sites for hydroxylation is 3. The molecule has 0 amide bonds. The highest BCUT2D eigenvalue weighted by atomic mass is 32.2. The van der Waals surface area contributed by atoms with Crippen LogP contribution in [-0.2, 0) is 11.4 Å². The summed E-state index contributed by atoms with van der Waals surface area (Å²) in [6.07, 6.45) is -0.0775. The van der Waals surface area contributed by atoms with Crippen molar-refractivity contribution < 1.29 is 15.4 Å². The Morgan fingerprint density at radius 2 is 1.40 bits per heavy atom. The van der Waals surface area contributed by atoms with E-state index in [4.69, 9.17) is 25.4 Å². The van der Waals surface area contributed by atoms with Crippen molar-refractivity contribution in [3.8, 4) is 66.9 Å². The lowest BCUT2D eigenvalue weighted by Gasteiger charge is -2.41. The second kappa shape index (κ2) is 13.8. The van der Waals surface area contributed by atoms with Gasteiger partial charge in [0.25, 0.3) is 0 Å². The van der Waals surface area contributed by atoms with Crippen LogP contribution >= 0.6 is 11.8 Å². The Morgan fingerprint density at radius 3 is 2.19 bits per heavy atom. The molecule has 0 spiro atoms. The highest BCUT2D eigenvalue weighted by Crippen LogP contribution is 2.53. The minimum Gasteiger partial charge on any atom is -0.422 e. The summed E-state index contributed by atoms with van der Waals surface area (Å²) in [4.78, 5) is 11.2. The van der Waals surface area contributed by atoms with Crippen LogP contribution in [0.2, 0.25) is 13.1 Å². The molecule has 1 aliphatic heterocycles. The lowest BCUT2D eigenvalue weighted by Crippen LogP contribution is -2.57. The van der Waals surface area contributed by atoms with Gasteiger partial charge in [-0.05, 0) is 133 Å². The third-order valence-electron chi connectivity index (χ3n) is 14.1. The van der Waals surface area contributed by atoms with Crippen LogP contribution in [-0.4, -0.2) is 22.4 Å². The Labute approximate surface area is 385 Å². The number of para-hydroxylation sites is 2. The number of hydrogen-bond donors (Lipinski definition) is 0. The molecule has 2 aliphatic rings. The van der Waals surface area contributed by atoms with E-state index in [2.05, 4.69) is 69.4 Å². The number of fused-ring (bicyclic) bond motifs is 15. The van der Waals surface area contributed by atoms with Gasteiger partial charge in [0, 0.05) is 43.6 Å². The minimum atomic E-state index is -2.81. The zero-order chi connectivity index (χ0) is 49.7. The normalized spacial score (nSPS) is 17.0. The van der Waals surface area contributed by atoms with E-state index in [1.807, 2.05) is 89.5 Å². The van der Waals surface area contributed by atoms with Crippen LogP contribution in [0, 0.1) is 13.7 Å². The molecule has 0 fully saturated rings. The molecule has 1 aliphatic carbocycles. The Hall–Kier alpha value is -6.47. The van der Waals surface area contributed by atoms with Crippen LogP contribution < -0.4 is 5.19 Å². The smallest absolute Gasteiger partial charge is 0.307 e. The summed E-state index contributed by atoms with van der Waals surface area (Å²) < 4.78 is 81.4. The van der Waals surface area contributed by atoms with Crippen LogP contribution in [0.5, 0.6) is 0 Å². The Bertz CT molecular complexity index is 3890. The van der Waals surface area contributed by atoms with E-state index in [1.165, 1.54) is 18.7 Å². The summed E-state index contributed by atoms with van der Waals surface area (Å²) in [5.41, 5.74) is 14.0. The SMILES string of the molecule is [2H]C([2H])([2H])c1cc2c(cc1-c1c(C([2H])([2H])C)ccc3c1oc1nc4ccccc4n13)[Si](C)(C)C(C)(C)c1ccc(C([2H])([2H])[2H])c(-c3ccc4c(c3)-c3ccccc3-c3ncccc3-c3ccccc3-4)c1S2. The summed E-state index contributed by atoms with van der Waals surface area (Å²) in [5.74, 6) is 0.323. The summed E-state index contributed by atoms with van der Waals surface area (Å²) in [7, 11) is -2.81. The first kappa shape index (κ1) is 30.6. The molecule has 10 aromatic rings. The molecular weight excluding hydrogens is 803 g/mol. The van der Waals surface area contributed by atoms with Gasteiger partial charge in [0.1, 0.15) is 0 Å². The molecule has 4 heterocycles. The van der Waals surface area contributed by atoms with Crippen LogP contribution in [0.25, 0.3) is 94.9 Å². The number of hydrogen-bond acceptors (Lipinski definition) is 4. The molecule has 0 saturated heterocycles. The predicted molar refractivity (Wildman–Crippen MR) is 266 cm³/mol. The van der Waals surface area contributed by atoms with Gasteiger partial charge in [-0.3, -0.25) is 9.38 Å². The molecule has 3 aromatic heterocycles. The van der Waals surface area contributed by atoms with Gasteiger partial charge in [-0.15, -0.1) is 0 Å². The number of nitrogens with zero attached hydrogens (tertiary/aromatic N) is 3. The van der Waals surface area contributed by atoms with Gasteiger partial charge in [0.15, 0.2) is 5.58 Å². The maximum Gasteiger partial charge on any atom is 0.307 e. The second-order valence-electron chi connectivity index (χ2n) is 17.8. The average molecular weight is 858 g/mol. The molecule has 63 heavy (non-hydrogen) atoms. The van der Waals surface area contributed by atoms with Crippen molar-refractivity contribution in [2.45, 2.75) is 68.8 Å². The van der Waals surface area contributed by atoms with Crippen LogP contribution in [0.15, 0.2) is 160 Å². The molecule has 12 rings (SSSR count). The Kier molecular flexibility index (Phi) is 6.67. The lowest BCUT2D eigenvalue weighted by atomic mass is 9.81. The molecule has 7 aromatic carbocycles. The number of rotatable bonds is 3. The molecule has 0 unspecified atom stereocenters. The molecule has 0 atom stereocenters. The van der Waals surface area contributed by atoms with E-state index in [0.717, 1.165) is 81.8 Å². The molecular formula is C57H47N3OSSi. The van der Waals surface area contributed by atoms with E-state index in [-0.39, 0.29) is 11.1 Å². The van der Waals surface area contributed by atoms with Gasteiger partial charge in [-0.25, -0.2) is 0 Å². The van der Waals surface area contributed by atoms with Gasteiger partial charge < -0.3 is 4.42 Å². The van der Waals surface area contributed by atoms with Gasteiger partial charge in [0.05, 0.1) is 30.3 Å². The summed E-state index contributed by atoms with van der Waals surface area (Å²) in [6, 6.07) is 45.7. The first-order valence-corrected chi connectivity index (χ1v) is 25.1. The van der Waals surface area contributed by atoms with Crippen LogP contribution in [0.3, 0.4) is 0 Å². The third-order valence-corrected chi connectivity index (χ3v) is 20.7. The second-order valence-corrected chi connectivity index (χ2v) is 23.9. The van der Waals surface area contributed by atoms with Crippen molar-refractivity contribution in [1.82, 2.24) is 14.4 Å². The summed E-state index contributed by atoms with van der Waals surface area (Å²) >= 11 is 1.44. The molecule has 0 radical (unpaired) electrons. The van der Waals surface area contributed by atoms with Crippen molar-refractivity contribution in [1.29, 1.82) is 0 Å². The Morgan fingerprint density at radius 1 is 0.683 bits per heavy atom. The standard InChI is InChI=1S/C57H47N3OSSi/c1-8-35-25-28-48-54(61-56-59-46-21-13-14-22-47(46)60(48)56)52(35)43-32-50-49(30-34(43)3)62-55-45(57(4,5)63(50,6)7)27-23-33(2)51(55)36-24-26-40-37-16-9-10-17-38(37)42-20-15-29-58-53(42)41-19-12-11-18-39(41)44(40)31-36/h9-32H,8H2,1-7H3/i2D3,3D3,8D2. The molecule has 0 bridgehead atoms. The van der Waals surface area contributed by atoms with Gasteiger partial charge in [-0.1, -0.05) is 149 Å². The van der Waals surface area contributed by atoms with Crippen molar-refractivity contribution in [2.75, 3.05) is 0 Å². The quantitative estimate of drug-likeness (QED) is 0.166. The number of pyridine rings is 1. The van der Waals surface area contributed by atoms with Crippen molar-refractivity contribution in [3.05, 3.63) is 168 Å². The van der Waals surface area contributed by atoms with Crippen LogP contribution in [0.1, 0.15) is 54.0 Å². The first-order chi connectivity index (χ1) is 33.6. The number of oxazole rings is 1. The third kappa shape index (κ3) is 5.41. The fraction of sp³-hybridized carbons (Fsp3) is 0.158. The first-order valence-electron chi connectivity index (χ1n) is 25.3. The fourth-order valence-electron chi connectivity index (χ4n) is 10.2. The van der Waals surface area contributed by atoms with E-state index in [1.54, 1.807) is 18.2 Å².